The number of amides is 3. The molecular weight excluding hydrogens is 411 g/mol. The zero-order valence-corrected chi connectivity index (χ0v) is 18.8. The number of urea groups is 1. The van der Waals surface area contributed by atoms with E-state index in [4.69, 9.17) is 11.2 Å². The van der Waals surface area contributed by atoms with Gasteiger partial charge in [0.1, 0.15) is 5.82 Å². The largest absolute Gasteiger partial charge is 0.436 e. The third kappa shape index (κ3) is 4.26. The van der Waals surface area contributed by atoms with E-state index in [1.165, 1.54) is 6.07 Å². The van der Waals surface area contributed by atoms with Crippen molar-refractivity contribution in [2.45, 2.75) is 24.7 Å². The average Bonchev–Trinajstić information content (AvgIpc) is 3.36. The van der Waals surface area contributed by atoms with Gasteiger partial charge < -0.3 is 19.4 Å². The van der Waals surface area contributed by atoms with E-state index < -0.39 is 0 Å². The molecule has 3 amide bonds. The molecule has 172 valence electrons. The summed E-state index contributed by atoms with van der Waals surface area (Å²) in [4.78, 5) is 32.3. The van der Waals surface area contributed by atoms with Crippen molar-refractivity contribution in [1.29, 1.82) is 0 Å². The Morgan fingerprint density at radius 1 is 1.28 bits per heavy atom. The predicted molar refractivity (Wildman–Crippen MR) is 120 cm³/mol. The number of fused-ring (bicyclic) bond motifs is 2. The number of benzene rings is 1. The Kier molecular flexibility index (Phi) is 6.29. The molecule has 0 bridgehead atoms. The summed E-state index contributed by atoms with van der Waals surface area (Å²) in [5, 5.41) is 0. The molecule has 3 heterocycles. The van der Waals surface area contributed by atoms with Crippen molar-refractivity contribution in [3.05, 3.63) is 29.6 Å². The predicted octanol–water partition coefficient (Wildman–Crippen LogP) is 2.75. The molecule has 0 N–H and O–H groups in total. The van der Waals surface area contributed by atoms with Crippen LogP contribution in [0.2, 0.25) is 0 Å². The van der Waals surface area contributed by atoms with Gasteiger partial charge in [-0.25, -0.2) is 14.0 Å². The Bertz CT molecular complexity index is 920. The number of rotatable bonds is 3. The van der Waals surface area contributed by atoms with Crippen molar-refractivity contribution in [3.63, 3.8) is 0 Å². The highest BCUT2D eigenvalue weighted by Crippen LogP contribution is 2.47. The van der Waals surface area contributed by atoms with Crippen LogP contribution in [0.4, 0.5) is 19.7 Å². The van der Waals surface area contributed by atoms with Crippen LogP contribution in [0.25, 0.3) is 0 Å². The van der Waals surface area contributed by atoms with Crippen LogP contribution in [0, 0.1) is 24.1 Å². The fourth-order valence-electron chi connectivity index (χ4n) is 5.35. The lowest BCUT2D eigenvalue weighted by molar-refractivity contribution is 0.117. The molecule has 2 fully saturated rings. The van der Waals surface area contributed by atoms with Gasteiger partial charge in [0, 0.05) is 51.4 Å². The number of anilines is 1. The van der Waals surface area contributed by atoms with Gasteiger partial charge in [-0.2, -0.15) is 0 Å². The van der Waals surface area contributed by atoms with Gasteiger partial charge in [0.2, 0.25) is 0 Å². The van der Waals surface area contributed by atoms with Gasteiger partial charge in [0.05, 0.1) is 0 Å². The van der Waals surface area contributed by atoms with Crippen molar-refractivity contribution in [1.82, 2.24) is 14.7 Å². The van der Waals surface area contributed by atoms with Crippen LogP contribution in [0.3, 0.4) is 0 Å². The zero-order valence-electron chi connectivity index (χ0n) is 18.8. The monoisotopic (exact) mass is 442 g/mol. The highest BCUT2D eigenvalue weighted by atomic mass is 19.1. The summed E-state index contributed by atoms with van der Waals surface area (Å²) >= 11 is 0. The quantitative estimate of drug-likeness (QED) is 0.676. The van der Waals surface area contributed by atoms with Gasteiger partial charge in [-0.1, -0.05) is 5.92 Å². The third-order valence-corrected chi connectivity index (χ3v) is 7.05. The summed E-state index contributed by atoms with van der Waals surface area (Å²) in [6.45, 7) is 4.67. The van der Waals surface area contributed by atoms with Crippen LogP contribution in [0.1, 0.15) is 24.8 Å². The maximum Gasteiger partial charge on any atom is 0.410 e. The smallest absolute Gasteiger partial charge is 0.410 e. The Balaban J connectivity index is 1.38. The van der Waals surface area contributed by atoms with Gasteiger partial charge in [-0.15, -0.1) is 6.42 Å². The summed E-state index contributed by atoms with van der Waals surface area (Å²) in [6, 6.07) is 4.72. The first-order chi connectivity index (χ1) is 15.3. The second-order valence-corrected chi connectivity index (χ2v) is 9.36. The molecule has 0 radical (unpaired) electrons. The maximum absolute atomic E-state index is 14.1. The molecule has 7 nitrogen and oxygen atoms in total. The number of ether oxygens (including phenoxy) is 1. The van der Waals surface area contributed by atoms with Gasteiger partial charge >= 0.3 is 12.1 Å². The molecule has 1 aromatic rings. The Labute approximate surface area is 189 Å². The normalized spacial score (nSPS) is 22.0. The summed E-state index contributed by atoms with van der Waals surface area (Å²) in [5.41, 5.74) is 1.58. The summed E-state index contributed by atoms with van der Waals surface area (Å²) in [5.74, 6) is 2.47. The van der Waals surface area contributed by atoms with E-state index in [1.54, 1.807) is 40.9 Å². The number of likely N-dealkylation sites (tertiary alicyclic amines) is 2. The first-order valence-corrected chi connectivity index (χ1v) is 11.2. The summed E-state index contributed by atoms with van der Waals surface area (Å²) in [7, 11) is 3.48. The van der Waals surface area contributed by atoms with Crippen LogP contribution in [0.15, 0.2) is 18.2 Å². The lowest BCUT2D eigenvalue weighted by atomic mass is 9.74. The highest BCUT2D eigenvalue weighted by Gasteiger charge is 2.47. The number of nitrogens with zero attached hydrogens (tertiary/aromatic N) is 4. The van der Waals surface area contributed by atoms with E-state index in [2.05, 4.69) is 10.8 Å². The average molecular weight is 443 g/mol. The SMILES string of the molecule is C#CCOC(=O)N1CC[C@H](CN2CCC3(CC2)CN(C(=O)N(C)C)c2ccc(F)cc23)C1. The van der Waals surface area contributed by atoms with E-state index in [9.17, 15) is 14.0 Å². The van der Waals surface area contributed by atoms with Gasteiger partial charge in [-0.05, 0) is 62.0 Å². The fraction of sp³-hybridized carbons (Fsp3) is 0.583. The van der Waals surface area contributed by atoms with Crippen molar-refractivity contribution >= 4 is 17.8 Å². The molecule has 0 aliphatic carbocycles. The van der Waals surface area contributed by atoms with E-state index in [-0.39, 0.29) is 30.0 Å². The molecule has 0 saturated carbocycles. The van der Waals surface area contributed by atoms with Crippen LogP contribution >= 0.6 is 0 Å². The molecule has 0 aromatic heterocycles. The number of halogens is 1. The number of terminal acetylenes is 1. The zero-order chi connectivity index (χ0) is 22.9. The second-order valence-electron chi connectivity index (χ2n) is 9.36. The number of hydrogen-bond donors (Lipinski definition) is 0. The maximum atomic E-state index is 14.1. The Morgan fingerprint density at radius 2 is 2.03 bits per heavy atom. The Morgan fingerprint density at radius 3 is 2.72 bits per heavy atom. The molecular formula is C24H31FN4O3. The molecule has 1 spiro atoms. The van der Waals surface area contributed by atoms with Crippen molar-refractivity contribution in [2.75, 3.05) is 64.9 Å². The van der Waals surface area contributed by atoms with Crippen LogP contribution < -0.4 is 4.90 Å². The third-order valence-electron chi connectivity index (χ3n) is 7.05. The van der Waals surface area contributed by atoms with E-state index in [0.717, 1.165) is 50.1 Å². The Hall–Kier alpha value is -2.79. The van der Waals surface area contributed by atoms with E-state index in [0.29, 0.717) is 25.6 Å². The van der Waals surface area contributed by atoms with Crippen LogP contribution in [-0.2, 0) is 10.2 Å². The minimum Gasteiger partial charge on any atom is -0.436 e. The molecule has 2 saturated heterocycles. The van der Waals surface area contributed by atoms with Gasteiger partial charge in [0.25, 0.3) is 0 Å². The fourth-order valence-corrected chi connectivity index (χ4v) is 5.35. The lowest BCUT2D eigenvalue weighted by Crippen LogP contribution is -2.48. The van der Waals surface area contributed by atoms with E-state index in [1.807, 2.05) is 0 Å². The van der Waals surface area contributed by atoms with Crippen molar-refractivity contribution in [2.24, 2.45) is 5.92 Å². The molecule has 8 heteroatoms. The first-order valence-electron chi connectivity index (χ1n) is 11.2. The van der Waals surface area contributed by atoms with Crippen LogP contribution in [-0.4, -0.2) is 86.8 Å². The first kappa shape index (κ1) is 22.4. The summed E-state index contributed by atoms with van der Waals surface area (Å²) < 4.78 is 19.2. The number of carbonyl (C=O) groups is 2. The molecule has 3 aliphatic rings. The van der Waals surface area contributed by atoms with Crippen LogP contribution in [0.5, 0.6) is 0 Å². The highest BCUT2D eigenvalue weighted by molar-refractivity contribution is 5.95. The second kappa shape index (κ2) is 8.99. The minimum atomic E-state index is -0.335. The standard InChI is InChI=1S/C24H31FN4O3/c1-4-13-32-23(31)28-10-7-18(16-28)15-27-11-8-24(9-12-27)17-29(22(30)26(2)3)21-6-5-19(25)14-20(21)24/h1,5-6,14,18H,7-13,15-17H2,2-3H3/t18-/m1/s1. The minimum absolute atomic E-state index is 0.00359. The molecule has 3 aliphatic heterocycles. The molecule has 0 unspecified atom stereocenters. The molecule has 4 rings (SSSR count). The van der Waals surface area contributed by atoms with E-state index >= 15 is 0 Å². The van der Waals surface area contributed by atoms with Crippen molar-refractivity contribution in [3.8, 4) is 12.3 Å². The lowest BCUT2D eigenvalue weighted by Gasteiger charge is -2.40. The van der Waals surface area contributed by atoms with Crippen molar-refractivity contribution < 1.29 is 18.7 Å². The number of hydrogen-bond acceptors (Lipinski definition) is 4. The molecule has 1 aromatic carbocycles. The molecule has 1 atom stereocenters. The summed E-state index contributed by atoms with van der Waals surface area (Å²) in [6.07, 6.45) is 7.52. The number of carbonyl (C=O) groups excluding carboxylic acids is 2. The van der Waals surface area contributed by atoms with Gasteiger partial charge in [-0.3, -0.25) is 4.90 Å². The van der Waals surface area contributed by atoms with Gasteiger partial charge in [0.15, 0.2) is 6.61 Å². The molecule has 32 heavy (non-hydrogen) atoms. The number of piperidine rings is 1. The topological polar surface area (TPSA) is 56.3 Å².